The van der Waals surface area contributed by atoms with Crippen molar-refractivity contribution < 1.29 is 5.11 Å². The van der Waals surface area contributed by atoms with Gasteiger partial charge in [0.15, 0.2) is 0 Å². The topological polar surface area (TPSA) is 36.4 Å². The van der Waals surface area contributed by atoms with E-state index in [1.807, 2.05) is 6.07 Å². The van der Waals surface area contributed by atoms with Gasteiger partial charge in [0.25, 0.3) is 0 Å². The number of aromatic nitrogens is 1. The zero-order valence-corrected chi connectivity index (χ0v) is 14.4. The molecule has 0 aliphatic rings. The van der Waals surface area contributed by atoms with Gasteiger partial charge in [0.05, 0.1) is 0 Å². The Morgan fingerprint density at radius 1 is 1.25 bits per heavy atom. The monoisotopic (exact) mass is 384 g/mol. The normalized spacial score (nSPS) is 11.4. The molecule has 0 spiro atoms. The van der Waals surface area contributed by atoms with Crippen molar-refractivity contribution in [2.75, 3.05) is 20.6 Å². The molecule has 1 aromatic heterocycles. The predicted octanol–water partition coefficient (Wildman–Crippen LogP) is 3.60. The molecule has 2 aromatic rings. The van der Waals surface area contributed by atoms with Crippen molar-refractivity contribution in [3.8, 4) is 5.75 Å². The lowest BCUT2D eigenvalue weighted by molar-refractivity contribution is 0.411. The summed E-state index contributed by atoms with van der Waals surface area (Å²) in [6.07, 6.45) is 3.07. The van der Waals surface area contributed by atoms with Crippen LogP contribution in [-0.4, -0.2) is 35.6 Å². The number of fused-ring (bicyclic) bond motifs is 1. The van der Waals surface area contributed by atoms with Crippen LogP contribution in [0.15, 0.2) is 18.2 Å². The van der Waals surface area contributed by atoms with E-state index in [4.69, 9.17) is 4.98 Å². The molecule has 0 aliphatic carbocycles. The number of likely N-dealkylation sites (N-methyl/N-ethyl adjacent to an activating group) is 1. The van der Waals surface area contributed by atoms with Crippen LogP contribution in [0.3, 0.4) is 0 Å². The van der Waals surface area contributed by atoms with E-state index in [-0.39, 0.29) is 5.75 Å². The fourth-order valence-electron chi connectivity index (χ4n) is 2.32. The van der Waals surface area contributed by atoms with Gasteiger partial charge in [-0.3, -0.25) is 0 Å². The van der Waals surface area contributed by atoms with Crippen molar-refractivity contribution in [1.29, 1.82) is 0 Å². The van der Waals surface area contributed by atoms with E-state index in [0.29, 0.717) is 0 Å². The highest BCUT2D eigenvalue weighted by atomic mass is 127. The van der Waals surface area contributed by atoms with E-state index in [1.165, 1.54) is 5.56 Å². The van der Waals surface area contributed by atoms with Gasteiger partial charge in [0.1, 0.15) is 11.3 Å². The van der Waals surface area contributed by atoms with Crippen molar-refractivity contribution in [3.63, 3.8) is 0 Å². The largest absolute Gasteiger partial charge is 0.506 e. The Kier molecular flexibility index (Phi) is 5.21. The van der Waals surface area contributed by atoms with Gasteiger partial charge in [-0.05, 0) is 66.9 Å². The van der Waals surface area contributed by atoms with Crippen LogP contribution in [-0.2, 0) is 12.8 Å². The van der Waals surface area contributed by atoms with Crippen LogP contribution in [0.2, 0.25) is 0 Å². The second kappa shape index (κ2) is 6.72. The van der Waals surface area contributed by atoms with Gasteiger partial charge in [0.2, 0.25) is 0 Å². The minimum Gasteiger partial charge on any atom is -0.506 e. The lowest BCUT2D eigenvalue weighted by Gasteiger charge is -2.14. The molecule has 3 nitrogen and oxygen atoms in total. The van der Waals surface area contributed by atoms with E-state index in [1.54, 1.807) is 6.07 Å². The Morgan fingerprint density at radius 3 is 2.65 bits per heavy atom. The zero-order valence-electron chi connectivity index (χ0n) is 12.3. The number of aromatic hydroxyl groups is 1. The molecule has 0 saturated heterocycles. The maximum Gasteiger partial charge on any atom is 0.141 e. The van der Waals surface area contributed by atoms with E-state index in [9.17, 15) is 5.11 Å². The average molecular weight is 384 g/mol. The first-order valence-electron chi connectivity index (χ1n) is 6.97. The number of nitrogens with zero attached hydrogens (tertiary/aromatic N) is 2. The third kappa shape index (κ3) is 3.41. The Hall–Kier alpha value is -0.880. The van der Waals surface area contributed by atoms with Gasteiger partial charge in [-0.15, -0.1) is 0 Å². The number of rotatable bonds is 5. The highest BCUT2D eigenvalue weighted by Gasteiger charge is 2.11. The Labute approximate surface area is 134 Å². The van der Waals surface area contributed by atoms with Gasteiger partial charge in [-0.1, -0.05) is 13.3 Å². The third-order valence-corrected chi connectivity index (χ3v) is 4.33. The molecule has 108 valence electrons. The molecule has 0 saturated carbocycles. The quantitative estimate of drug-likeness (QED) is 0.801. The van der Waals surface area contributed by atoms with Crippen LogP contribution >= 0.6 is 22.6 Å². The summed E-state index contributed by atoms with van der Waals surface area (Å²) in [4.78, 5) is 6.91. The predicted molar refractivity (Wildman–Crippen MR) is 92.4 cm³/mol. The molecular formula is C16H21IN2O. The number of phenols is 1. The first-order valence-corrected chi connectivity index (χ1v) is 8.05. The molecule has 1 heterocycles. The lowest BCUT2D eigenvalue weighted by Crippen LogP contribution is -2.16. The SMILES string of the molecule is CCCc1cc2c(I)ccc(O)c2nc1CCN(C)C. The molecule has 1 aromatic carbocycles. The minimum absolute atomic E-state index is 0.273. The van der Waals surface area contributed by atoms with Gasteiger partial charge in [-0.25, -0.2) is 4.98 Å². The van der Waals surface area contributed by atoms with Crippen LogP contribution in [0.25, 0.3) is 10.9 Å². The maximum absolute atomic E-state index is 10.0. The summed E-state index contributed by atoms with van der Waals surface area (Å²) >= 11 is 2.30. The number of hydrogen-bond donors (Lipinski definition) is 1. The standard InChI is InChI=1S/C16H21IN2O/c1-4-5-11-10-12-13(17)6-7-15(20)16(12)18-14(11)8-9-19(2)3/h6-7,10,20H,4-5,8-9H2,1-3H3. The van der Waals surface area contributed by atoms with Crippen LogP contribution in [0.5, 0.6) is 5.75 Å². The van der Waals surface area contributed by atoms with Crippen LogP contribution in [0, 0.1) is 3.57 Å². The molecule has 0 radical (unpaired) electrons. The summed E-state index contributed by atoms with van der Waals surface area (Å²) in [6.45, 7) is 3.16. The third-order valence-electron chi connectivity index (χ3n) is 3.39. The molecule has 0 unspecified atom stereocenters. The van der Waals surface area contributed by atoms with Gasteiger partial charge < -0.3 is 10.0 Å². The summed E-state index contributed by atoms with van der Waals surface area (Å²) < 4.78 is 1.14. The second-order valence-corrected chi connectivity index (χ2v) is 6.52. The first-order chi connectivity index (χ1) is 9.52. The van der Waals surface area contributed by atoms with Gasteiger partial charge >= 0.3 is 0 Å². The fourth-order valence-corrected chi connectivity index (χ4v) is 2.91. The second-order valence-electron chi connectivity index (χ2n) is 5.36. The van der Waals surface area contributed by atoms with Crippen LogP contribution in [0.1, 0.15) is 24.6 Å². The lowest BCUT2D eigenvalue weighted by atomic mass is 10.0. The highest BCUT2D eigenvalue weighted by Crippen LogP contribution is 2.29. The molecule has 1 N–H and O–H groups in total. The molecule has 0 aliphatic heterocycles. The van der Waals surface area contributed by atoms with Crippen molar-refractivity contribution in [2.24, 2.45) is 0 Å². The van der Waals surface area contributed by atoms with Crippen LogP contribution in [0.4, 0.5) is 0 Å². The van der Waals surface area contributed by atoms with Crippen molar-refractivity contribution >= 4 is 33.5 Å². The molecule has 20 heavy (non-hydrogen) atoms. The molecule has 0 atom stereocenters. The van der Waals surface area contributed by atoms with Crippen molar-refractivity contribution in [3.05, 3.63) is 33.0 Å². The Morgan fingerprint density at radius 2 is 2.00 bits per heavy atom. The summed E-state index contributed by atoms with van der Waals surface area (Å²) in [7, 11) is 4.14. The number of pyridine rings is 1. The number of benzene rings is 1. The molecule has 4 heteroatoms. The van der Waals surface area contributed by atoms with Crippen molar-refractivity contribution in [2.45, 2.75) is 26.2 Å². The molecule has 0 bridgehead atoms. The molecular weight excluding hydrogens is 363 g/mol. The zero-order chi connectivity index (χ0) is 14.7. The number of hydrogen-bond acceptors (Lipinski definition) is 3. The smallest absolute Gasteiger partial charge is 0.141 e. The van der Waals surface area contributed by atoms with Crippen LogP contribution < -0.4 is 0 Å². The molecule has 0 fully saturated rings. The number of phenolic OH excluding ortho intramolecular Hbond substituents is 1. The Balaban J connectivity index is 2.53. The Bertz CT molecular complexity index is 611. The minimum atomic E-state index is 0.273. The average Bonchev–Trinajstić information content (AvgIpc) is 2.41. The molecule has 0 amide bonds. The van der Waals surface area contributed by atoms with Gasteiger partial charge in [0, 0.05) is 27.6 Å². The van der Waals surface area contributed by atoms with Gasteiger partial charge in [-0.2, -0.15) is 0 Å². The molecule has 2 rings (SSSR count). The summed E-state index contributed by atoms with van der Waals surface area (Å²) in [5.74, 6) is 0.273. The number of halogens is 1. The highest BCUT2D eigenvalue weighted by molar-refractivity contribution is 14.1. The summed E-state index contributed by atoms with van der Waals surface area (Å²) in [5, 5.41) is 11.1. The van der Waals surface area contributed by atoms with E-state index >= 15 is 0 Å². The summed E-state index contributed by atoms with van der Waals surface area (Å²) in [6, 6.07) is 5.87. The first kappa shape index (κ1) is 15.5. The maximum atomic E-state index is 10.0. The van der Waals surface area contributed by atoms with E-state index in [2.05, 4.69) is 54.6 Å². The van der Waals surface area contributed by atoms with Crippen molar-refractivity contribution in [1.82, 2.24) is 9.88 Å². The fraction of sp³-hybridized carbons (Fsp3) is 0.438. The summed E-state index contributed by atoms with van der Waals surface area (Å²) in [5.41, 5.74) is 3.15. The number of aryl methyl sites for hydroxylation is 1. The van der Waals surface area contributed by atoms with E-state index in [0.717, 1.165) is 46.0 Å². The van der Waals surface area contributed by atoms with E-state index < -0.39 is 0 Å².